The number of rotatable bonds is 5. The number of hydrogen-bond donors (Lipinski definition) is 2. The SMILES string of the molecule is Cc1nc(-c2ccc(NCc3cccnc3N3CCOCC3)nc2)[nH]c(=O)c1C. The fraction of sp³-hybridized carbons (Fsp3) is 0.333. The van der Waals surface area contributed by atoms with E-state index in [-0.39, 0.29) is 5.56 Å². The molecular formula is C21H24N6O2. The number of H-pyrrole nitrogens is 1. The van der Waals surface area contributed by atoms with E-state index in [0.717, 1.165) is 54.8 Å². The zero-order valence-electron chi connectivity index (χ0n) is 16.6. The standard InChI is InChI=1S/C21H24N6O2/c1-14-15(2)25-19(26-21(14)28)16-5-6-18(23-12-16)24-13-17-4-3-7-22-20(17)27-8-10-29-11-9-27/h3-7,12H,8-11,13H2,1-2H3,(H,23,24)(H,25,26,28). The van der Waals surface area contributed by atoms with Gasteiger partial charge in [-0.2, -0.15) is 0 Å². The Morgan fingerprint density at radius 3 is 2.72 bits per heavy atom. The number of aromatic amines is 1. The van der Waals surface area contributed by atoms with Crippen LogP contribution in [-0.4, -0.2) is 46.2 Å². The highest BCUT2D eigenvalue weighted by molar-refractivity contribution is 5.56. The van der Waals surface area contributed by atoms with E-state index < -0.39 is 0 Å². The molecule has 1 aliphatic rings. The predicted octanol–water partition coefficient (Wildman–Crippen LogP) is 2.29. The highest BCUT2D eigenvalue weighted by Crippen LogP contribution is 2.20. The molecule has 0 spiro atoms. The summed E-state index contributed by atoms with van der Waals surface area (Å²) in [6.45, 7) is 7.35. The molecule has 4 heterocycles. The summed E-state index contributed by atoms with van der Waals surface area (Å²) in [5, 5.41) is 3.35. The largest absolute Gasteiger partial charge is 0.378 e. The van der Waals surface area contributed by atoms with Gasteiger partial charge in [0.1, 0.15) is 17.5 Å². The lowest BCUT2D eigenvalue weighted by atomic mass is 10.2. The Kier molecular flexibility index (Phi) is 5.53. The number of nitrogens with one attached hydrogen (secondary N) is 2. The van der Waals surface area contributed by atoms with Crippen LogP contribution in [0.2, 0.25) is 0 Å². The minimum atomic E-state index is -0.123. The molecule has 0 saturated carbocycles. The van der Waals surface area contributed by atoms with Gasteiger partial charge in [-0.1, -0.05) is 6.07 Å². The second-order valence-corrected chi connectivity index (χ2v) is 7.00. The van der Waals surface area contributed by atoms with Crippen molar-refractivity contribution in [3.63, 3.8) is 0 Å². The van der Waals surface area contributed by atoms with Gasteiger partial charge in [0.2, 0.25) is 0 Å². The van der Waals surface area contributed by atoms with Crippen molar-refractivity contribution in [2.75, 3.05) is 36.5 Å². The summed E-state index contributed by atoms with van der Waals surface area (Å²) in [5.74, 6) is 2.26. The molecule has 4 rings (SSSR count). The fourth-order valence-electron chi connectivity index (χ4n) is 3.23. The fourth-order valence-corrected chi connectivity index (χ4v) is 3.23. The zero-order valence-corrected chi connectivity index (χ0v) is 16.6. The molecule has 8 nitrogen and oxygen atoms in total. The quantitative estimate of drug-likeness (QED) is 0.688. The topological polar surface area (TPSA) is 96.0 Å². The molecule has 1 aliphatic heterocycles. The second kappa shape index (κ2) is 8.40. The third-order valence-electron chi connectivity index (χ3n) is 5.07. The molecule has 1 fully saturated rings. The van der Waals surface area contributed by atoms with E-state index in [9.17, 15) is 4.79 Å². The van der Waals surface area contributed by atoms with E-state index >= 15 is 0 Å². The highest BCUT2D eigenvalue weighted by atomic mass is 16.5. The molecule has 0 unspecified atom stereocenters. The normalized spacial score (nSPS) is 14.1. The van der Waals surface area contributed by atoms with Gasteiger partial charge in [-0.15, -0.1) is 0 Å². The first kappa shape index (κ1) is 19.1. The van der Waals surface area contributed by atoms with Crippen molar-refractivity contribution in [3.05, 3.63) is 63.8 Å². The van der Waals surface area contributed by atoms with Crippen LogP contribution in [0.1, 0.15) is 16.8 Å². The van der Waals surface area contributed by atoms with Gasteiger partial charge in [0, 0.05) is 54.4 Å². The third-order valence-corrected chi connectivity index (χ3v) is 5.07. The van der Waals surface area contributed by atoms with Gasteiger partial charge in [0.15, 0.2) is 0 Å². The van der Waals surface area contributed by atoms with Gasteiger partial charge in [-0.25, -0.2) is 15.0 Å². The number of aromatic nitrogens is 4. The van der Waals surface area contributed by atoms with Gasteiger partial charge < -0.3 is 19.9 Å². The lowest BCUT2D eigenvalue weighted by Gasteiger charge is -2.29. The molecule has 0 aromatic carbocycles. The van der Waals surface area contributed by atoms with E-state index in [1.807, 2.05) is 31.3 Å². The van der Waals surface area contributed by atoms with Crippen molar-refractivity contribution in [1.29, 1.82) is 0 Å². The average molecular weight is 392 g/mol. The van der Waals surface area contributed by atoms with Gasteiger partial charge in [0.05, 0.1) is 13.2 Å². The predicted molar refractivity (Wildman–Crippen MR) is 112 cm³/mol. The average Bonchev–Trinajstić information content (AvgIpc) is 2.77. The minimum absolute atomic E-state index is 0.123. The van der Waals surface area contributed by atoms with E-state index in [1.54, 1.807) is 13.1 Å². The van der Waals surface area contributed by atoms with Crippen molar-refractivity contribution in [1.82, 2.24) is 19.9 Å². The van der Waals surface area contributed by atoms with Crippen LogP contribution in [0.15, 0.2) is 41.5 Å². The maximum Gasteiger partial charge on any atom is 0.254 e. The molecule has 29 heavy (non-hydrogen) atoms. The monoisotopic (exact) mass is 392 g/mol. The number of hydrogen-bond acceptors (Lipinski definition) is 7. The molecule has 0 aliphatic carbocycles. The van der Waals surface area contributed by atoms with Gasteiger partial charge in [-0.3, -0.25) is 4.79 Å². The number of aryl methyl sites for hydroxylation is 1. The highest BCUT2D eigenvalue weighted by Gasteiger charge is 2.15. The first-order valence-corrected chi connectivity index (χ1v) is 9.66. The van der Waals surface area contributed by atoms with Crippen LogP contribution in [0.5, 0.6) is 0 Å². The molecule has 3 aromatic heterocycles. The van der Waals surface area contributed by atoms with Gasteiger partial charge >= 0.3 is 0 Å². The number of morpholine rings is 1. The summed E-state index contributed by atoms with van der Waals surface area (Å²) in [7, 11) is 0. The Balaban J connectivity index is 1.47. The van der Waals surface area contributed by atoms with Crippen molar-refractivity contribution in [2.45, 2.75) is 20.4 Å². The number of nitrogens with zero attached hydrogens (tertiary/aromatic N) is 4. The summed E-state index contributed by atoms with van der Waals surface area (Å²) < 4.78 is 5.44. The molecule has 2 N–H and O–H groups in total. The van der Waals surface area contributed by atoms with Crippen molar-refractivity contribution < 1.29 is 4.74 Å². The van der Waals surface area contributed by atoms with Crippen molar-refractivity contribution in [2.24, 2.45) is 0 Å². The summed E-state index contributed by atoms with van der Waals surface area (Å²) >= 11 is 0. The Labute approximate surface area is 169 Å². The molecular weight excluding hydrogens is 368 g/mol. The maximum absolute atomic E-state index is 12.0. The number of pyridine rings is 2. The van der Waals surface area contributed by atoms with Crippen LogP contribution in [0.3, 0.4) is 0 Å². The molecule has 8 heteroatoms. The molecule has 0 amide bonds. The molecule has 150 valence electrons. The summed E-state index contributed by atoms with van der Waals surface area (Å²) in [4.78, 5) is 30.5. The van der Waals surface area contributed by atoms with Gasteiger partial charge in [0.25, 0.3) is 5.56 Å². The first-order valence-electron chi connectivity index (χ1n) is 9.66. The Bertz CT molecular complexity index is 1040. The Morgan fingerprint density at radius 2 is 2.00 bits per heavy atom. The smallest absolute Gasteiger partial charge is 0.254 e. The van der Waals surface area contributed by atoms with Crippen molar-refractivity contribution >= 4 is 11.6 Å². The van der Waals surface area contributed by atoms with E-state index in [1.165, 1.54) is 0 Å². The molecule has 1 saturated heterocycles. The maximum atomic E-state index is 12.0. The van der Waals surface area contributed by atoms with Gasteiger partial charge in [-0.05, 0) is 32.0 Å². The Hall–Kier alpha value is -3.26. The Morgan fingerprint density at radius 1 is 1.17 bits per heavy atom. The third kappa shape index (κ3) is 4.27. The molecule has 3 aromatic rings. The minimum Gasteiger partial charge on any atom is -0.378 e. The van der Waals surface area contributed by atoms with Crippen LogP contribution in [0, 0.1) is 13.8 Å². The summed E-state index contributed by atoms with van der Waals surface area (Å²) in [6.07, 6.45) is 3.53. The lowest BCUT2D eigenvalue weighted by Crippen LogP contribution is -2.37. The summed E-state index contributed by atoms with van der Waals surface area (Å²) in [6, 6.07) is 7.80. The lowest BCUT2D eigenvalue weighted by molar-refractivity contribution is 0.122. The molecule has 0 radical (unpaired) electrons. The van der Waals surface area contributed by atoms with E-state index in [4.69, 9.17) is 4.74 Å². The molecule has 0 bridgehead atoms. The van der Waals surface area contributed by atoms with Crippen LogP contribution in [-0.2, 0) is 11.3 Å². The zero-order chi connectivity index (χ0) is 20.2. The van der Waals surface area contributed by atoms with E-state index in [2.05, 4.69) is 36.2 Å². The number of anilines is 2. The molecule has 0 atom stereocenters. The van der Waals surface area contributed by atoms with Crippen LogP contribution in [0.4, 0.5) is 11.6 Å². The first-order chi connectivity index (χ1) is 14.1. The van der Waals surface area contributed by atoms with Crippen LogP contribution < -0.4 is 15.8 Å². The van der Waals surface area contributed by atoms with Crippen molar-refractivity contribution in [3.8, 4) is 11.4 Å². The van der Waals surface area contributed by atoms with Crippen LogP contribution in [0.25, 0.3) is 11.4 Å². The second-order valence-electron chi connectivity index (χ2n) is 7.00. The summed E-state index contributed by atoms with van der Waals surface area (Å²) in [5.41, 5.74) is 3.11. The van der Waals surface area contributed by atoms with Crippen LogP contribution >= 0.6 is 0 Å². The number of ether oxygens (including phenoxy) is 1. The van der Waals surface area contributed by atoms with E-state index in [0.29, 0.717) is 17.9 Å².